The van der Waals surface area contributed by atoms with Gasteiger partial charge in [-0.25, -0.2) is 8.42 Å². The molecule has 0 radical (unpaired) electrons. The van der Waals surface area contributed by atoms with Crippen molar-refractivity contribution in [2.75, 3.05) is 5.75 Å². The number of carboxylic acids is 1. The summed E-state index contributed by atoms with van der Waals surface area (Å²) in [7, 11) is -3.04. The monoisotopic (exact) mass is 384 g/mol. The lowest BCUT2D eigenvalue weighted by atomic mass is 9.78. The Morgan fingerprint density at radius 2 is 1.69 bits per heavy atom. The molecule has 0 amide bonds. The number of unbranched alkanes of at least 4 members (excludes halogenated alkanes) is 1. The molecule has 1 N–H and O–H groups in total. The fourth-order valence-corrected chi connectivity index (χ4v) is 7.32. The summed E-state index contributed by atoms with van der Waals surface area (Å²) in [5, 5.41) is 8.53. The van der Waals surface area contributed by atoms with Gasteiger partial charge in [0.05, 0.1) is 23.2 Å². The van der Waals surface area contributed by atoms with Gasteiger partial charge >= 0.3 is 5.97 Å². The maximum atomic E-state index is 12.9. The Bertz CT molecular complexity index is 606. The van der Waals surface area contributed by atoms with E-state index in [1.807, 2.05) is 6.08 Å². The van der Waals surface area contributed by atoms with Gasteiger partial charge in [0, 0.05) is 12.3 Å². The molecule has 0 spiro atoms. The maximum absolute atomic E-state index is 12.9. The van der Waals surface area contributed by atoms with E-state index in [0.29, 0.717) is 12.3 Å². The molecule has 4 atom stereocenters. The Morgan fingerprint density at radius 1 is 1.00 bits per heavy atom. The summed E-state index contributed by atoms with van der Waals surface area (Å²) in [5.41, 5.74) is 0. The average molecular weight is 385 g/mol. The molecule has 0 aromatic heterocycles. The first kappa shape index (κ1) is 19.9. The highest BCUT2D eigenvalue weighted by Gasteiger charge is 2.50. The van der Waals surface area contributed by atoms with Crippen LogP contribution < -0.4 is 0 Å². The highest BCUT2D eigenvalue weighted by atomic mass is 32.2. The van der Waals surface area contributed by atoms with Gasteiger partial charge in [0.1, 0.15) is 0 Å². The molecule has 5 nitrogen and oxygen atoms in total. The average Bonchev–Trinajstić information content (AvgIpc) is 3.20. The van der Waals surface area contributed by atoms with Gasteiger partial charge in [0.25, 0.3) is 0 Å². The number of ether oxygens (including phenoxy) is 1. The van der Waals surface area contributed by atoms with Crippen LogP contribution in [-0.4, -0.2) is 42.7 Å². The van der Waals surface area contributed by atoms with E-state index >= 15 is 0 Å². The number of carbonyl (C=O) groups is 1. The number of allylic oxidation sites excluding steroid dienone is 2. The number of fused-ring (bicyclic) bond motifs is 2. The van der Waals surface area contributed by atoms with Crippen LogP contribution in [0.4, 0.5) is 0 Å². The Balaban J connectivity index is 1.55. The van der Waals surface area contributed by atoms with E-state index in [0.717, 1.165) is 51.4 Å². The number of hydrogen-bond acceptors (Lipinski definition) is 4. The van der Waals surface area contributed by atoms with Gasteiger partial charge in [-0.3, -0.25) is 4.79 Å². The Morgan fingerprint density at radius 3 is 2.38 bits per heavy atom. The summed E-state index contributed by atoms with van der Waals surface area (Å²) in [6.07, 6.45) is 13.9. The van der Waals surface area contributed by atoms with E-state index < -0.39 is 15.8 Å². The van der Waals surface area contributed by atoms with E-state index in [-0.39, 0.29) is 35.5 Å². The molecule has 6 heteroatoms. The third-order valence-corrected chi connectivity index (χ3v) is 8.75. The molecule has 0 unspecified atom stereocenters. The van der Waals surface area contributed by atoms with Crippen LogP contribution >= 0.6 is 0 Å². The first-order valence-electron chi connectivity index (χ1n) is 10.2. The molecule has 3 rings (SSSR count). The summed E-state index contributed by atoms with van der Waals surface area (Å²) in [6.45, 7) is 0. The predicted molar refractivity (Wildman–Crippen MR) is 101 cm³/mol. The summed E-state index contributed by atoms with van der Waals surface area (Å²) in [5.74, 6) is -0.0452. The van der Waals surface area contributed by atoms with Gasteiger partial charge in [0.2, 0.25) is 0 Å². The van der Waals surface area contributed by atoms with Crippen molar-refractivity contribution in [1.29, 1.82) is 0 Å². The molecule has 1 aliphatic carbocycles. The summed E-state index contributed by atoms with van der Waals surface area (Å²) in [4.78, 5) is 10.5. The third kappa shape index (κ3) is 4.89. The molecule has 26 heavy (non-hydrogen) atoms. The first-order chi connectivity index (χ1) is 12.5. The lowest BCUT2D eigenvalue weighted by Crippen LogP contribution is -2.37. The smallest absolute Gasteiger partial charge is 0.303 e. The van der Waals surface area contributed by atoms with Crippen LogP contribution in [-0.2, 0) is 19.4 Å². The van der Waals surface area contributed by atoms with Crippen molar-refractivity contribution >= 4 is 15.8 Å². The van der Waals surface area contributed by atoms with Crippen LogP contribution in [0.15, 0.2) is 12.2 Å². The van der Waals surface area contributed by atoms with E-state index in [2.05, 4.69) is 6.08 Å². The van der Waals surface area contributed by atoms with Crippen LogP contribution in [0.5, 0.6) is 0 Å². The van der Waals surface area contributed by atoms with Crippen molar-refractivity contribution in [3.8, 4) is 0 Å². The quantitative estimate of drug-likeness (QED) is 0.484. The van der Waals surface area contributed by atoms with Crippen LogP contribution in [0.25, 0.3) is 0 Å². The molecule has 0 aromatic carbocycles. The highest BCUT2D eigenvalue weighted by Crippen LogP contribution is 2.46. The third-order valence-electron chi connectivity index (χ3n) is 6.41. The van der Waals surface area contributed by atoms with Crippen LogP contribution in [0.3, 0.4) is 0 Å². The van der Waals surface area contributed by atoms with Gasteiger partial charge in [-0.2, -0.15) is 0 Å². The molecule has 3 fully saturated rings. The van der Waals surface area contributed by atoms with Crippen molar-refractivity contribution in [3.63, 3.8) is 0 Å². The van der Waals surface area contributed by atoms with E-state index in [9.17, 15) is 13.2 Å². The van der Waals surface area contributed by atoms with E-state index in [4.69, 9.17) is 9.84 Å². The fraction of sp³-hybridized carbons (Fsp3) is 0.850. The molecular formula is C20H32O5S. The molecule has 2 heterocycles. The molecule has 2 aliphatic heterocycles. The van der Waals surface area contributed by atoms with Crippen molar-refractivity contribution in [2.45, 2.75) is 88.1 Å². The van der Waals surface area contributed by atoms with Crippen molar-refractivity contribution in [3.05, 3.63) is 12.2 Å². The van der Waals surface area contributed by atoms with Crippen molar-refractivity contribution in [2.24, 2.45) is 11.8 Å². The number of rotatable bonds is 9. The SMILES string of the molecule is O=C(O)CCC/C=C\C[C@@H]1[C@H](CS(=O)(=O)C2CCCCC2)[C@@H]2CC[C@H]1O2. The second-order valence-corrected chi connectivity index (χ2v) is 10.5. The Kier molecular flexibility index (Phi) is 6.78. The van der Waals surface area contributed by atoms with Crippen LogP contribution in [0.2, 0.25) is 0 Å². The second kappa shape index (κ2) is 8.87. The molecule has 2 saturated heterocycles. The largest absolute Gasteiger partial charge is 0.481 e. The van der Waals surface area contributed by atoms with Gasteiger partial charge in [-0.1, -0.05) is 31.4 Å². The van der Waals surface area contributed by atoms with Gasteiger partial charge in [-0.05, 0) is 50.9 Å². The van der Waals surface area contributed by atoms with E-state index in [1.54, 1.807) is 0 Å². The van der Waals surface area contributed by atoms with Crippen molar-refractivity contribution in [1.82, 2.24) is 0 Å². The lowest BCUT2D eigenvalue weighted by molar-refractivity contribution is -0.137. The molecule has 3 aliphatic rings. The Labute approximate surface area is 157 Å². The molecule has 2 bridgehead atoms. The molecule has 148 valence electrons. The number of carboxylic acid groups (broad SMARTS) is 1. The zero-order chi connectivity index (χ0) is 18.6. The maximum Gasteiger partial charge on any atom is 0.303 e. The molecule has 0 aromatic rings. The minimum absolute atomic E-state index is 0.115. The topological polar surface area (TPSA) is 80.7 Å². The summed E-state index contributed by atoms with van der Waals surface area (Å²) < 4.78 is 31.9. The van der Waals surface area contributed by atoms with Gasteiger partial charge in [0.15, 0.2) is 9.84 Å². The minimum Gasteiger partial charge on any atom is -0.481 e. The Hall–Kier alpha value is -0.880. The summed E-state index contributed by atoms with van der Waals surface area (Å²) >= 11 is 0. The second-order valence-electron chi connectivity index (χ2n) is 8.20. The highest BCUT2D eigenvalue weighted by molar-refractivity contribution is 7.92. The zero-order valence-corrected chi connectivity index (χ0v) is 16.3. The molecule has 1 saturated carbocycles. The predicted octanol–water partition coefficient (Wildman–Crippen LogP) is 3.73. The van der Waals surface area contributed by atoms with Crippen molar-refractivity contribution < 1.29 is 23.1 Å². The standard InChI is InChI=1S/C20H32O5S/c21-20(22)11-7-2-1-6-10-16-17(19-13-12-18(16)25-19)14-26(23,24)15-8-4-3-5-9-15/h1,6,15-19H,2-5,7-14H2,(H,21,22)/b6-1-/t16-,17+,18-,19+/m1/s1. The normalized spacial score (nSPS) is 32.5. The van der Waals surface area contributed by atoms with E-state index in [1.165, 1.54) is 6.42 Å². The lowest BCUT2D eigenvalue weighted by Gasteiger charge is -2.29. The number of sulfone groups is 1. The van der Waals surface area contributed by atoms with Gasteiger partial charge < -0.3 is 9.84 Å². The minimum atomic E-state index is -3.04. The van der Waals surface area contributed by atoms with Gasteiger partial charge in [-0.15, -0.1) is 0 Å². The number of aliphatic carboxylic acids is 1. The first-order valence-corrected chi connectivity index (χ1v) is 11.9. The van der Waals surface area contributed by atoms with Crippen LogP contribution in [0, 0.1) is 11.8 Å². The number of hydrogen-bond donors (Lipinski definition) is 1. The zero-order valence-electron chi connectivity index (χ0n) is 15.5. The summed E-state index contributed by atoms with van der Waals surface area (Å²) in [6, 6.07) is 0. The fourth-order valence-electron chi connectivity index (χ4n) is 5.00. The molecular weight excluding hydrogens is 352 g/mol. The van der Waals surface area contributed by atoms with Crippen LogP contribution in [0.1, 0.15) is 70.6 Å².